The summed E-state index contributed by atoms with van der Waals surface area (Å²) >= 11 is 0. The summed E-state index contributed by atoms with van der Waals surface area (Å²) in [5.41, 5.74) is 2.31. The second kappa shape index (κ2) is 5.96. The number of amides is 1. The van der Waals surface area contributed by atoms with E-state index in [0.29, 0.717) is 11.8 Å². The molecule has 1 aromatic rings. The summed E-state index contributed by atoms with van der Waals surface area (Å²) < 4.78 is 0. The van der Waals surface area contributed by atoms with Gasteiger partial charge in [-0.25, -0.2) is 9.97 Å². The van der Waals surface area contributed by atoms with Gasteiger partial charge in [-0.05, 0) is 44.7 Å². The number of hydrogen-bond donors (Lipinski definition) is 0. The van der Waals surface area contributed by atoms with E-state index in [4.69, 9.17) is 4.98 Å². The van der Waals surface area contributed by atoms with E-state index in [1.54, 1.807) is 0 Å². The van der Waals surface area contributed by atoms with Crippen molar-refractivity contribution in [3.63, 3.8) is 0 Å². The molecule has 0 atom stereocenters. The molecule has 4 nitrogen and oxygen atoms in total. The van der Waals surface area contributed by atoms with Crippen molar-refractivity contribution in [1.82, 2.24) is 14.9 Å². The molecule has 3 rings (SSSR count). The Morgan fingerprint density at radius 2 is 1.95 bits per heavy atom. The van der Waals surface area contributed by atoms with Crippen molar-refractivity contribution < 1.29 is 4.79 Å². The first-order valence-electron chi connectivity index (χ1n) is 7.94. The first-order chi connectivity index (χ1) is 10.2. The zero-order valence-electron chi connectivity index (χ0n) is 12.7. The Labute approximate surface area is 126 Å². The van der Waals surface area contributed by atoms with Gasteiger partial charge in [0.05, 0.1) is 0 Å². The van der Waals surface area contributed by atoms with Crippen LogP contribution < -0.4 is 0 Å². The summed E-state index contributed by atoms with van der Waals surface area (Å²) in [5.74, 6) is 2.06. The van der Waals surface area contributed by atoms with Gasteiger partial charge in [0.15, 0.2) is 0 Å². The third-order valence-electron chi connectivity index (χ3n) is 4.76. The summed E-state index contributed by atoms with van der Waals surface area (Å²) in [5, 5.41) is 0. The van der Waals surface area contributed by atoms with Gasteiger partial charge in [-0.15, -0.1) is 0 Å². The minimum Gasteiger partial charge on any atom is -0.339 e. The second-order valence-electron chi connectivity index (χ2n) is 6.22. The fourth-order valence-corrected chi connectivity index (χ4v) is 3.20. The lowest BCUT2D eigenvalue weighted by Crippen LogP contribution is -2.37. The van der Waals surface area contributed by atoms with Gasteiger partial charge in [0, 0.05) is 36.3 Å². The van der Waals surface area contributed by atoms with Crippen molar-refractivity contribution in [2.24, 2.45) is 0 Å². The lowest BCUT2D eigenvalue weighted by molar-refractivity contribution is -0.127. The third-order valence-corrected chi connectivity index (χ3v) is 4.76. The van der Waals surface area contributed by atoms with Gasteiger partial charge in [-0.2, -0.15) is 0 Å². The van der Waals surface area contributed by atoms with E-state index in [0.717, 1.165) is 37.4 Å². The molecule has 0 N–H and O–H groups in total. The predicted molar refractivity (Wildman–Crippen MR) is 82.1 cm³/mol. The minimum absolute atomic E-state index is 0.0359. The maximum Gasteiger partial charge on any atom is 0.245 e. The highest BCUT2D eigenvalue weighted by Crippen LogP contribution is 2.36. The highest BCUT2D eigenvalue weighted by atomic mass is 16.2. The maximum atomic E-state index is 11.6. The number of aryl methyl sites for hydroxylation is 1. The first-order valence-corrected chi connectivity index (χ1v) is 7.94. The average molecular weight is 285 g/mol. The SMILES string of the molecule is C=CC(=O)N1CCC(c2nc(C)cc(C3CCC3)n2)CC1. The van der Waals surface area contributed by atoms with Crippen LogP contribution in [0, 0.1) is 6.92 Å². The molecule has 1 amide bonds. The van der Waals surface area contributed by atoms with Crippen LogP contribution >= 0.6 is 0 Å². The van der Waals surface area contributed by atoms with Crippen LogP contribution in [0.25, 0.3) is 0 Å². The van der Waals surface area contributed by atoms with Crippen molar-refractivity contribution in [2.75, 3.05) is 13.1 Å². The van der Waals surface area contributed by atoms with Gasteiger partial charge in [-0.1, -0.05) is 13.0 Å². The molecule has 0 radical (unpaired) electrons. The molecule has 0 unspecified atom stereocenters. The smallest absolute Gasteiger partial charge is 0.245 e. The molecule has 1 saturated carbocycles. The van der Waals surface area contributed by atoms with Crippen LogP contribution in [0.2, 0.25) is 0 Å². The van der Waals surface area contributed by atoms with E-state index in [9.17, 15) is 4.79 Å². The average Bonchev–Trinajstić information content (AvgIpc) is 2.44. The monoisotopic (exact) mass is 285 g/mol. The standard InChI is InChI=1S/C17H23N3O/c1-3-16(21)20-9-7-14(8-10-20)17-18-12(2)11-15(19-17)13-5-4-6-13/h3,11,13-14H,1,4-10H2,2H3. The van der Waals surface area contributed by atoms with Gasteiger partial charge in [0.1, 0.15) is 5.82 Å². The molecule has 0 bridgehead atoms. The van der Waals surface area contributed by atoms with Crippen molar-refractivity contribution >= 4 is 5.91 Å². The molecule has 1 aliphatic carbocycles. The van der Waals surface area contributed by atoms with Crippen LogP contribution in [-0.4, -0.2) is 33.9 Å². The van der Waals surface area contributed by atoms with Gasteiger partial charge in [0.2, 0.25) is 5.91 Å². The summed E-state index contributed by atoms with van der Waals surface area (Å²) in [6.07, 6.45) is 7.16. The number of nitrogens with zero attached hydrogens (tertiary/aromatic N) is 3. The number of carbonyl (C=O) groups is 1. The van der Waals surface area contributed by atoms with Crippen LogP contribution in [0.15, 0.2) is 18.7 Å². The number of piperidine rings is 1. The molecular formula is C17H23N3O. The van der Waals surface area contributed by atoms with Gasteiger partial charge >= 0.3 is 0 Å². The molecule has 1 aliphatic heterocycles. The largest absolute Gasteiger partial charge is 0.339 e. The summed E-state index contributed by atoms with van der Waals surface area (Å²) in [6.45, 7) is 7.18. The van der Waals surface area contributed by atoms with Gasteiger partial charge in [0.25, 0.3) is 0 Å². The topological polar surface area (TPSA) is 46.1 Å². The predicted octanol–water partition coefficient (Wildman–Crippen LogP) is 2.94. The van der Waals surface area contributed by atoms with Crippen LogP contribution in [-0.2, 0) is 4.79 Å². The summed E-state index contributed by atoms with van der Waals surface area (Å²) in [7, 11) is 0. The van der Waals surface area contributed by atoms with Crippen molar-refractivity contribution in [2.45, 2.75) is 50.9 Å². The quantitative estimate of drug-likeness (QED) is 0.802. The second-order valence-corrected chi connectivity index (χ2v) is 6.22. The Morgan fingerprint density at radius 3 is 2.52 bits per heavy atom. The molecule has 1 aromatic heterocycles. The highest BCUT2D eigenvalue weighted by Gasteiger charge is 2.27. The Hall–Kier alpha value is -1.71. The van der Waals surface area contributed by atoms with E-state index in [-0.39, 0.29) is 5.91 Å². The number of aromatic nitrogens is 2. The molecular weight excluding hydrogens is 262 g/mol. The van der Waals surface area contributed by atoms with E-state index in [2.05, 4.69) is 24.6 Å². The third kappa shape index (κ3) is 2.99. The Bertz CT molecular complexity index is 543. The summed E-state index contributed by atoms with van der Waals surface area (Å²) in [4.78, 5) is 23.0. The number of hydrogen-bond acceptors (Lipinski definition) is 3. The Kier molecular flexibility index (Phi) is 4.04. The van der Waals surface area contributed by atoms with Crippen molar-refractivity contribution in [3.05, 3.63) is 35.9 Å². The van der Waals surface area contributed by atoms with Crippen LogP contribution in [0.1, 0.15) is 61.2 Å². The molecule has 1 saturated heterocycles. The maximum absolute atomic E-state index is 11.6. The molecule has 21 heavy (non-hydrogen) atoms. The van der Waals surface area contributed by atoms with Crippen LogP contribution in [0.5, 0.6) is 0 Å². The molecule has 0 aromatic carbocycles. The van der Waals surface area contributed by atoms with Crippen LogP contribution in [0.3, 0.4) is 0 Å². The van der Waals surface area contributed by atoms with Gasteiger partial charge < -0.3 is 4.90 Å². The van der Waals surface area contributed by atoms with E-state index in [1.165, 1.54) is 31.0 Å². The first kappa shape index (κ1) is 14.2. The van der Waals surface area contributed by atoms with Crippen LogP contribution in [0.4, 0.5) is 0 Å². The van der Waals surface area contributed by atoms with E-state index < -0.39 is 0 Å². The Morgan fingerprint density at radius 1 is 1.24 bits per heavy atom. The zero-order valence-corrected chi connectivity index (χ0v) is 12.7. The normalized spacial score (nSPS) is 20.1. The Balaban J connectivity index is 1.71. The number of likely N-dealkylation sites (tertiary alicyclic amines) is 1. The molecule has 0 spiro atoms. The van der Waals surface area contributed by atoms with Gasteiger partial charge in [-0.3, -0.25) is 4.79 Å². The molecule has 2 heterocycles. The summed E-state index contributed by atoms with van der Waals surface area (Å²) in [6, 6.07) is 2.14. The van der Waals surface area contributed by atoms with Crippen molar-refractivity contribution in [3.8, 4) is 0 Å². The zero-order chi connectivity index (χ0) is 14.8. The lowest BCUT2D eigenvalue weighted by atomic mass is 9.82. The fraction of sp³-hybridized carbons (Fsp3) is 0.588. The highest BCUT2D eigenvalue weighted by molar-refractivity contribution is 5.87. The molecule has 4 heteroatoms. The molecule has 112 valence electrons. The molecule has 2 fully saturated rings. The van der Waals surface area contributed by atoms with E-state index in [1.807, 2.05) is 4.90 Å². The number of rotatable bonds is 3. The fourth-order valence-electron chi connectivity index (χ4n) is 3.20. The lowest BCUT2D eigenvalue weighted by Gasteiger charge is -2.31. The molecule has 2 aliphatic rings. The van der Waals surface area contributed by atoms with E-state index >= 15 is 0 Å². The minimum atomic E-state index is 0.0359. The number of carbonyl (C=O) groups excluding carboxylic acids is 1. The van der Waals surface area contributed by atoms with Crippen molar-refractivity contribution in [1.29, 1.82) is 0 Å².